The van der Waals surface area contributed by atoms with E-state index in [1.807, 2.05) is 0 Å². The summed E-state index contributed by atoms with van der Waals surface area (Å²) in [5, 5.41) is 0. The van der Waals surface area contributed by atoms with Crippen LogP contribution in [0, 0.1) is 0 Å². The molecule has 0 aliphatic rings. The first-order chi connectivity index (χ1) is 3.56. The lowest BCUT2D eigenvalue weighted by Crippen LogP contribution is -2.16. The van der Waals surface area contributed by atoms with Crippen LogP contribution in [-0.2, 0) is 29.3 Å². The number of carbonyl (C=O) groups is 1. The summed E-state index contributed by atoms with van der Waals surface area (Å²) in [6, 6.07) is 0. The first-order valence-corrected chi connectivity index (χ1v) is 3.78. The molecule has 0 aromatic heterocycles. The van der Waals surface area contributed by atoms with Crippen LogP contribution in [0.2, 0.25) is 0 Å². The van der Waals surface area contributed by atoms with Gasteiger partial charge in [0.2, 0.25) is 6.41 Å². The molecule has 48 valence electrons. The Morgan fingerprint density at radius 2 is 2.38 bits per heavy atom. The number of hydroxylamine groups is 1. The van der Waals surface area contributed by atoms with E-state index in [-0.39, 0.29) is 6.41 Å². The quantitative estimate of drug-likeness (QED) is 0.397. The van der Waals surface area contributed by atoms with E-state index < -0.39 is 9.05 Å². The van der Waals surface area contributed by atoms with E-state index in [2.05, 4.69) is 15.5 Å². The van der Waals surface area contributed by atoms with Crippen molar-refractivity contribution in [2.24, 2.45) is 0 Å². The predicted octanol–water partition coefficient (Wildman–Crippen LogP) is -1.20. The van der Waals surface area contributed by atoms with Crippen molar-refractivity contribution < 1.29 is 17.8 Å². The molecule has 8 heavy (non-hydrogen) atoms. The van der Waals surface area contributed by atoms with Gasteiger partial charge in [-0.05, 0) is 0 Å². The molecule has 0 bridgehead atoms. The molecule has 0 radical (unpaired) electrons. The fourth-order valence-corrected chi connectivity index (χ4v) is 0.359. The molecule has 0 heterocycles. The lowest BCUT2D eigenvalue weighted by molar-refractivity contribution is -0.115. The Balaban J connectivity index is 3.57. The van der Waals surface area contributed by atoms with E-state index in [0.29, 0.717) is 0 Å². The molecule has 0 saturated heterocycles. The summed E-state index contributed by atoms with van der Waals surface area (Å²) < 4.78 is 21.6. The molecule has 0 aliphatic carbocycles. The highest BCUT2D eigenvalue weighted by molar-refractivity contribution is 8.27. The standard InChI is InChI=1S/CH3NO4S2/c3-1-2-6-8(4,5)7/h1H,(H,2,3)(H,4,5,7). The second-order valence-corrected chi connectivity index (χ2v) is 3.03. The highest BCUT2D eigenvalue weighted by Crippen LogP contribution is 1.77. The van der Waals surface area contributed by atoms with Crippen molar-refractivity contribution >= 4 is 26.7 Å². The van der Waals surface area contributed by atoms with Crippen LogP contribution in [0.25, 0.3) is 0 Å². The maximum atomic E-state index is 9.87. The van der Waals surface area contributed by atoms with Crippen LogP contribution < -0.4 is 5.48 Å². The van der Waals surface area contributed by atoms with E-state index in [1.165, 1.54) is 5.48 Å². The number of hydrogen-bond donors (Lipinski definition) is 2. The Morgan fingerprint density at radius 1 is 1.88 bits per heavy atom. The van der Waals surface area contributed by atoms with Gasteiger partial charge in [0.1, 0.15) is 0 Å². The Hall–Kier alpha value is -0.240. The van der Waals surface area contributed by atoms with Gasteiger partial charge in [0.25, 0.3) is 9.05 Å². The van der Waals surface area contributed by atoms with E-state index in [4.69, 9.17) is 4.55 Å². The van der Waals surface area contributed by atoms with Crippen molar-refractivity contribution in [1.82, 2.24) is 5.48 Å². The van der Waals surface area contributed by atoms with Gasteiger partial charge in [-0.15, -0.1) is 4.28 Å². The zero-order chi connectivity index (χ0) is 6.62. The van der Waals surface area contributed by atoms with Gasteiger partial charge in [0.15, 0.2) is 0 Å². The monoisotopic (exact) mass is 157 g/mol. The molecule has 0 rings (SSSR count). The minimum atomic E-state index is -3.70. The molecular formula is CH3NO4S2. The maximum absolute atomic E-state index is 9.87. The van der Waals surface area contributed by atoms with Crippen LogP contribution in [0.15, 0.2) is 0 Å². The summed E-state index contributed by atoms with van der Waals surface area (Å²) in [7, 11) is -3.70. The van der Waals surface area contributed by atoms with Gasteiger partial charge in [0.05, 0.1) is 0 Å². The predicted molar refractivity (Wildman–Crippen MR) is 28.4 cm³/mol. The average Bonchev–Trinajstić information content (AvgIpc) is 1.59. The second kappa shape index (κ2) is 2.92. The van der Waals surface area contributed by atoms with E-state index >= 15 is 0 Å². The van der Waals surface area contributed by atoms with E-state index in [9.17, 15) is 9.00 Å². The lowest BCUT2D eigenvalue weighted by atomic mass is 11.5. The van der Waals surface area contributed by atoms with Crippen molar-refractivity contribution in [1.29, 1.82) is 0 Å². The maximum Gasteiger partial charge on any atom is 0.287 e. The topological polar surface area (TPSA) is 75.6 Å². The molecular weight excluding hydrogens is 154 g/mol. The first-order valence-electron chi connectivity index (χ1n) is 1.41. The minimum absolute atomic E-state index is 0.0994. The van der Waals surface area contributed by atoms with Crippen LogP contribution >= 0.6 is 0 Å². The van der Waals surface area contributed by atoms with Crippen LogP contribution in [0.1, 0.15) is 0 Å². The van der Waals surface area contributed by atoms with Crippen LogP contribution in [-0.4, -0.2) is 15.2 Å². The molecule has 0 spiro atoms. The van der Waals surface area contributed by atoms with Gasteiger partial charge in [-0.1, -0.05) is 0 Å². The fourth-order valence-electron chi connectivity index (χ4n) is 0.0804. The van der Waals surface area contributed by atoms with Crippen molar-refractivity contribution in [2.45, 2.75) is 0 Å². The Kier molecular flexibility index (Phi) is 2.84. The van der Waals surface area contributed by atoms with Crippen LogP contribution in [0.4, 0.5) is 0 Å². The van der Waals surface area contributed by atoms with E-state index in [0.717, 1.165) is 0 Å². The molecule has 0 aromatic rings. The van der Waals surface area contributed by atoms with Crippen molar-refractivity contribution in [3.05, 3.63) is 0 Å². The molecule has 1 amide bonds. The zero-order valence-electron chi connectivity index (χ0n) is 3.57. The summed E-state index contributed by atoms with van der Waals surface area (Å²) >= 11 is 3.79. The van der Waals surface area contributed by atoms with Crippen molar-refractivity contribution in [2.75, 3.05) is 0 Å². The normalized spacial score (nSPS) is 16.6. The lowest BCUT2D eigenvalue weighted by Gasteiger charge is -1.93. The highest BCUT2D eigenvalue weighted by atomic mass is 32.9. The summed E-state index contributed by atoms with van der Waals surface area (Å²) in [6.07, 6.45) is 0.0994. The largest absolute Gasteiger partial charge is 0.287 e. The van der Waals surface area contributed by atoms with Gasteiger partial charge in [-0.25, -0.2) is 5.48 Å². The molecule has 0 aliphatic heterocycles. The first kappa shape index (κ1) is 7.76. The third kappa shape index (κ3) is 5.76. The summed E-state index contributed by atoms with van der Waals surface area (Å²) in [5.74, 6) is 0. The highest BCUT2D eigenvalue weighted by Gasteiger charge is 1.94. The van der Waals surface area contributed by atoms with Gasteiger partial charge in [-0.3, -0.25) is 9.35 Å². The molecule has 0 fully saturated rings. The Bertz CT molecular complexity index is 159. The van der Waals surface area contributed by atoms with Gasteiger partial charge in [0, 0.05) is 11.2 Å². The van der Waals surface area contributed by atoms with Gasteiger partial charge >= 0.3 is 0 Å². The third-order valence-corrected chi connectivity index (χ3v) is 0.713. The fraction of sp³-hybridized carbons (Fsp3) is 0. The molecule has 1 unspecified atom stereocenters. The Labute approximate surface area is 50.7 Å². The molecule has 5 nitrogen and oxygen atoms in total. The van der Waals surface area contributed by atoms with E-state index in [1.54, 1.807) is 0 Å². The second-order valence-electron chi connectivity index (χ2n) is 0.747. The van der Waals surface area contributed by atoms with Crippen LogP contribution in [0.5, 0.6) is 0 Å². The number of hydrogen-bond acceptors (Lipinski definition) is 4. The molecule has 2 N–H and O–H groups in total. The third-order valence-electron chi connectivity index (χ3n) is 0.202. The van der Waals surface area contributed by atoms with Crippen molar-refractivity contribution in [3.63, 3.8) is 0 Å². The number of amides is 1. The Morgan fingerprint density at radius 3 is 2.50 bits per heavy atom. The molecule has 7 heteroatoms. The van der Waals surface area contributed by atoms with Gasteiger partial charge < -0.3 is 0 Å². The molecule has 1 atom stereocenters. The molecule has 0 saturated carbocycles. The SMILES string of the molecule is O=CNOS(=O)(O)=S. The van der Waals surface area contributed by atoms with Crippen molar-refractivity contribution in [3.8, 4) is 0 Å². The smallest absolute Gasteiger partial charge is 0.284 e. The summed E-state index contributed by atoms with van der Waals surface area (Å²) in [4.78, 5) is 9.33. The zero-order valence-corrected chi connectivity index (χ0v) is 5.20. The molecule has 0 aromatic carbocycles. The van der Waals surface area contributed by atoms with Crippen LogP contribution in [0.3, 0.4) is 0 Å². The summed E-state index contributed by atoms with van der Waals surface area (Å²) in [6.45, 7) is 0. The number of nitrogens with one attached hydrogen (secondary N) is 1. The minimum Gasteiger partial charge on any atom is -0.284 e. The summed E-state index contributed by atoms with van der Waals surface area (Å²) in [5.41, 5.74) is 1.48. The average molecular weight is 157 g/mol. The number of carbonyl (C=O) groups excluding carboxylic acids is 1. The van der Waals surface area contributed by atoms with Gasteiger partial charge in [-0.2, -0.15) is 4.21 Å². The number of rotatable bonds is 3.